The van der Waals surface area contributed by atoms with E-state index in [1.807, 2.05) is 19.1 Å². The van der Waals surface area contributed by atoms with Crippen molar-refractivity contribution < 1.29 is 18.7 Å². The lowest BCUT2D eigenvalue weighted by Gasteiger charge is -2.14. The normalized spacial score (nSPS) is 15.8. The summed E-state index contributed by atoms with van der Waals surface area (Å²) in [6.45, 7) is 2.61. The third-order valence-corrected chi connectivity index (χ3v) is 6.64. The molecule has 1 amide bonds. The topological polar surface area (TPSA) is 51.1 Å². The fourth-order valence-corrected chi connectivity index (χ4v) is 4.81. The molecule has 0 spiro atoms. The van der Waals surface area contributed by atoms with Crippen molar-refractivity contribution in [2.45, 2.75) is 13.5 Å². The summed E-state index contributed by atoms with van der Waals surface area (Å²) in [5, 5.41) is 1.53. The van der Waals surface area contributed by atoms with Crippen LogP contribution >= 0.6 is 35.0 Å². The number of amides is 1. The van der Waals surface area contributed by atoms with Crippen molar-refractivity contribution in [1.29, 1.82) is 0 Å². The monoisotopic (exact) mass is 530 g/mol. The summed E-state index contributed by atoms with van der Waals surface area (Å²) in [4.78, 5) is 19.6. The Morgan fingerprint density at radius 2 is 1.80 bits per heavy atom. The van der Waals surface area contributed by atoms with Gasteiger partial charge in [0.1, 0.15) is 12.4 Å². The van der Waals surface area contributed by atoms with Crippen LogP contribution in [0.1, 0.15) is 18.1 Å². The Morgan fingerprint density at radius 1 is 1.09 bits per heavy atom. The Labute approximate surface area is 217 Å². The highest BCUT2D eigenvalue weighted by atomic mass is 35.5. The summed E-state index contributed by atoms with van der Waals surface area (Å²) in [7, 11) is 1.53. The molecule has 1 heterocycles. The molecule has 3 aromatic rings. The first-order valence-corrected chi connectivity index (χ1v) is 12.3. The molecule has 0 bridgehead atoms. The molecular formula is C26H21Cl2FN2O3S. The molecule has 1 aliphatic rings. The van der Waals surface area contributed by atoms with Crippen LogP contribution in [-0.4, -0.2) is 29.6 Å². The van der Waals surface area contributed by atoms with E-state index in [9.17, 15) is 9.18 Å². The minimum absolute atomic E-state index is 0.170. The molecule has 0 unspecified atom stereocenters. The molecule has 0 N–H and O–H groups in total. The molecular weight excluding hydrogens is 510 g/mol. The number of methoxy groups -OCH3 is 1. The van der Waals surface area contributed by atoms with E-state index in [4.69, 9.17) is 32.7 Å². The van der Waals surface area contributed by atoms with Gasteiger partial charge in [-0.05, 0) is 84.4 Å². The van der Waals surface area contributed by atoms with Gasteiger partial charge in [0, 0.05) is 11.6 Å². The number of halogens is 3. The van der Waals surface area contributed by atoms with Crippen LogP contribution in [0.4, 0.5) is 10.1 Å². The molecule has 35 heavy (non-hydrogen) atoms. The Morgan fingerprint density at radius 3 is 2.46 bits per heavy atom. The second kappa shape index (κ2) is 11.2. The largest absolute Gasteiger partial charge is 0.493 e. The fourth-order valence-electron chi connectivity index (χ4n) is 3.35. The standard InChI is InChI=1S/C26H21Cl2FN2O3S/c1-3-31-25(32)23(35-26(31)30-20-10-8-19(29)9-11-20)14-17-12-21(28)24(22(13-17)33-2)34-15-16-4-6-18(27)7-5-16/h4-14H,3,15H2,1-2H3/b23-14+,30-26?. The highest BCUT2D eigenvalue weighted by molar-refractivity contribution is 8.18. The first-order chi connectivity index (χ1) is 16.9. The number of ether oxygens (including phenoxy) is 2. The van der Waals surface area contributed by atoms with E-state index >= 15 is 0 Å². The second-order valence-electron chi connectivity index (χ2n) is 7.48. The molecule has 180 valence electrons. The quantitative estimate of drug-likeness (QED) is 0.299. The molecule has 9 heteroatoms. The number of carbonyl (C=O) groups is 1. The van der Waals surface area contributed by atoms with Gasteiger partial charge >= 0.3 is 0 Å². The zero-order valence-corrected chi connectivity index (χ0v) is 21.3. The zero-order valence-electron chi connectivity index (χ0n) is 18.9. The Balaban J connectivity index is 1.58. The van der Waals surface area contributed by atoms with Crippen molar-refractivity contribution in [3.63, 3.8) is 0 Å². The average Bonchev–Trinajstić information content (AvgIpc) is 3.14. The molecule has 0 atom stereocenters. The van der Waals surface area contributed by atoms with Gasteiger partial charge in [0.05, 0.1) is 22.7 Å². The summed E-state index contributed by atoms with van der Waals surface area (Å²) in [5.41, 5.74) is 2.17. The number of nitrogens with zero attached hydrogens (tertiary/aromatic N) is 2. The highest BCUT2D eigenvalue weighted by Gasteiger charge is 2.32. The molecule has 0 radical (unpaired) electrons. The number of aliphatic imine (C=N–C) groups is 1. The first kappa shape index (κ1) is 25.1. The van der Waals surface area contributed by atoms with Crippen LogP contribution < -0.4 is 9.47 Å². The molecule has 0 aromatic heterocycles. The SMILES string of the molecule is CCN1C(=O)/C(=C\c2cc(Cl)c(OCc3ccc(Cl)cc3)c(OC)c2)SC1=Nc1ccc(F)cc1. The summed E-state index contributed by atoms with van der Waals surface area (Å²) >= 11 is 13.7. The van der Waals surface area contributed by atoms with Gasteiger partial charge in [-0.25, -0.2) is 9.38 Å². The lowest BCUT2D eigenvalue weighted by molar-refractivity contribution is -0.122. The third-order valence-electron chi connectivity index (χ3n) is 5.10. The predicted molar refractivity (Wildman–Crippen MR) is 140 cm³/mol. The molecule has 3 aromatic carbocycles. The van der Waals surface area contributed by atoms with Crippen molar-refractivity contribution >= 4 is 57.8 Å². The minimum atomic E-state index is -0.344. The molecule has 4 rings (SSSR count). The zero-order chi connectivity index (χ0) is 24.9. The van der Waals surface area contributed by atoms with Gasteiger partial charge in [0.15, 0.2) is 16.7 Å². The Kier molecular flexibility index (Phi) is 8.00. The summed E-state index contributed by atoms with van der Waals surface area (Å²) in [6, 6.07) is 16.6. The van der Waals surface area contributed by atoms with E-state index in [0.29, 0.717) is 49.4 Å². The van der Waals surface area contributed by atoms with Gasteiger partial charge in [0.25, 0.3) is 5.91 Å². The van der Waals surface area contributed by atoms with Crippen LogP contribution in [0.2, 0.25) is 10.0 Å². The van der Waals surface area contributed by atoms with E-state index in [0.717, 1.165) is 5.56 Å². The smallest absolute Gasteiger partial charge is 0.266 e. The lowest BCUT2D eigenvalue weighted by Crippen LogP contribution is -2.28. The maximum absolute atomic E-state index is 13.2. The van der Waals surface area contributed by atoms with Crippen LogP contribution in [-0.2, 0) is 11.4 Å². The van der Waals surface area contributed by atoms with Crippen molar-refractivity contribution in [3.05, 3.63) is 92.6 Å². The van der Waals surface area contributed by atoms with Crippen molar-refractivity contribution in [3.8, 4) is 11.5 Å². The average molecular weight is 531 g/mol. The van der Waals surface area contributed by atoms with Gasteiger partial charge in [-0.1, -0.05) is 35.3 Å². The van der Waals surface area contributed by atoms with Crippen LogP contribution in [0.3, 0.4) is 0 Å². The molecule has 1 aliphatic heterocycles. The van der Waals surface area contributed by atoms with Gasteiger partial charge in [-0.15, -0.1) is 0 Å². The lowest BCUT2D eigenvalue weighted by atomic mass is 10.1. The number of hydrogen-bond acceptors (Lipinski definition) is 5. The fraction of sp³-hybridized carbons (Fsp3) is 0.154. The molecule has 1 fully saturated rings. The van der Waals surface area contributed by atoms with E-state index in [-0.39, 0.29) is 18.3 Å². The van der Waals surface area contributed by atoms with Gasteiger partial charge in [-0.2, -0.15) is 0 Å². The van der Waals surface area contributed by atoms with E-state index in [1.54, 1.807) is 47.4 Å². The third kappa shape index (κ3) is 5.99. The number of rotatable bonds is 7. The molecule has 0 aliphatic carbocycles. The number of thioether (sulfide) groups is 1. The van der Waals surface area contributed by atoms with Crippen LogP contribution in [0, 0.1) is 5.82 Å². The van der Waals surface area contributed by atoms with E-state index in [1.165, 1.54) is 31.0 Å². The number of hydrogen-bond donors (Lipinski definition) is 0. The van der Waals surface area contributed by atoms with Crippen LogP contribution in [0.25, 0.3) is 6.08 Å². The van der Waals surface area contributed by atoms with Gasteiger partial charge in [0.2, 0.25) is 0 Å². The number of carbonyl (C=O) groups excluding carboxylic acids is 1. The van der Waals surface area contributed by atoms with Crippen LogP contribution in [0.15, 0.2) is 70.6 Å². The summed E-state index contributed by atoms with van der Waals surface area (Å²) in [6.07, 6.45) is 1.74. The summed E-state index contributed by atoms with van der Waals surface area (Å²) in [5.74, 6) is 0.340. The van der Waals surface area contributed by atoms with Crippen molar-refractivity contribution in [2.24, 2.45) is 4.99 Å². The van der Waals surface area contributed by atoms with E-state index < -0.39 is 0 Å². The van der Waals surface area contributed by atoms with E-state index in [2.05, 4.69) is 4.99 Å². The number of amidine groups is 1. The first-order valence-electron chi connectivity index (χ1n) is 10.7. The maximum atomic E-state index is 13.2. The minimum Gasteiger partial charge on any atom is -0.493 e. The Hall–Kier alpha value is -3.00. The number of likely N-dealkylation sites (N-methyl/N-ethyl adjacent to an activating group) is 1. The second-order valence-corrected chi connectivity index (χ2v) is 9.33. The predicted octanol–water partition coefficient (Wildman–Crippen LogP) is 7.34. The van der Waals surface area contributed by atoms with Crippen molar-refractivity contribution in [2.75, 3.05) is 13.7 Å². The maximum Gasteiger partial charge on any atom is 0.266 e. The van der Waals surface area contributed by atoms with Crippen LogP contribution in [0.5, 0.6) is 11.5 Å². The summed E-state index contributed by atoms with van der Waals surface area (Å²) < 4.78 is 24.6. The highest BCUT2D eigenvalue weighted by Crippen LogP contribution is 2.39. The van der Waals surface area contributed by atoms with Gasteiger partial charge in [-0.3, -0.25) is 9.69 Å². The van der Waals surface area contributed by atoms with Crippen molar-refractivity contribution in [1.82, 2.24) is 4.90 Å². The molecule has 0 saturated carbocycles. The molecule has 1 saturated heterocycles. The Bertz CT molecular complexity index is 1300. The molecule has 5 nitrogen and oxygen atoms in total. The number of benzene rings is 3. The van der Waals surface area contributed by atoms with Gasteiger partial charge < -0.3 is 9.47 Å².